The minimum atomic E-state index is 0.226. The predicted molar refractivity (Wildman–Crippen MR) is 101 cm³/mol. The average molecular weight is 343 g/mol. The number of nitrogens with zero attached hydrogens (tertiary/aromatic N) is 1. The van der Waals surface area contributed by atoms with E-state index in [0.29, 0.717) is 0 Å². The highest BCUT2D eigenvalue weighted by molar-refractivity contribution is 7.12. The number of fused-ring (bicyclic) bond motifs is 1. The Balaban J connectivity index is 2.08. The van der Waals surface area contributed by atoms with Gasteiger partial charge in [-0.3, -0.25) is 4.99 Å². The Bertz CT molecular complexity index is 722. The fraction of sp³-hybridized carbons (Fsp3) is 0.450. The molecule has 0 amide bonds. The predicted octanol–water partition coefficient (Wildman–Crippen LogP) is 4.87. The maximum atomic E-state index is 5.53. The van der Waals surface area contributed by atoms with Crippen molar-refractivity contribution in [3.8, 4) is 11.5 Å². The topological polar surface area (TPSA) is 30.8 Å². The molecule has 1 aromatic heterocycles. The summed E-state index contributed by atoms with van der Waals surface area (Å²) in [6.07, 6.45) is 4.35. The van der Waals surface area contributed by atoms with Crippen LogP contribution in [0.1, 0.15) is 46.6 Å². The van der Waals surface area contributed by atoms with Gasteiger partial charge in [0, 0.05) is 15.7 Å². The van der Waals surface area contributed by atoms with E-state index in [4.69, 9.17) is 9.47 Å². The Morgan fingerprint density at radius 3 is 2.62 bits per heavy atom. The molecule has 0 saturated heterocycles. The highest BCUT2D eigenvalue weighted by Gasteiger charge is 2.32. The number of aliphatic imine (C=N–C) groups is 1. The van der Waals surface area contributed by atoms with Gasteiger partial charge in [-0.1, -0.05) is 13.3 Å². The van der Waals surface area contributed by atoms with Crippen molar-refractivity contribution in [3.05, 3.63) is 45.1 Å². The van der Waals surface area contributed by atoms with Crippen molar-refractivity contribution in [2.24, 2.45) is 4.99 Å². The first-order valence-corrected chi connectivity index (χ1v) is 9.32. The van der Waals surface area contributed by atoms with Crippen molar-refractivity contribution in [2.45, 2.75) is 44.6 Å². The summed E-state index contributed by atoms with van der Waals surface area (Å²) in [5, 5.41) is 0. The molecule has 0 aliphatic heterocycles. The zero-order chi connectivity index (χ0) is 17.1. The van der Waals surface area contributed by atoms with Crippen molar-refractivity contribution >= 4 is 18.1 Å². The number of benzene rings is 1. The van der Waals surface area contributed by atoms with Crippen LogP contribution in [0.2, 0.25) is 0 Å². The van der Waals surface area contributed by atoms with Gasteiger partial charge >= 0.3 is 0 Å². The quantitative estimate of drug-likeness (QED) is 0.701. The first-order valence-electron chi connectivity index (χ1n) is 8.51. The minimum Gasteiger partial charge on any atom is -0.493 e. The lowest BCUT2D eigenvalue weighted by atomic mass is 9.78. The molecule has 4 heteroatoms. The third kappa shape index (κ3) is 3.07. The normalized spacial score (nSPS) is 19.6. The van der Waals surface area contributed by atoms with Gasteiger partial charge in [0.1, 0.15) is 0 Å². The maximum absolute atomic E-state index is 5.53. The molecule has 1 heterocycles. The highest BCUT2D eigenvalue weighted by Crippen LogP contribution is 2.44. The molecule has 0 radical (unpaired) electrons. The Morgan fingerprint density at radius 1 is 1.21 bits per heavy atom. The van der Waals surface area contributed by atoms with Crippen LogP contribution in [0.5, 0.6) is 11.5 Å². The molecule has 0 fully saturated rings. The van der Waals surface area contributed by atoms with E-state index < -0.39 is 0 Å². The van der Waals surface area contributed by atoms with Gasteiger partial charge in [0.05, 0.1) is 20.3 Å². The summed E-state index contributed by atoms with van der Waals surface area (Å²) >= 11 is 1.91. The summed E-state index contributed by atoms with van der Waals surface area (Å²) in [5.41, 5.74) is 2.64. The van der Waals surface area contributed by atoms with Crippen LogP contribution in [0.3, 0.4) is 0 Å². The van der Waals surface area contributed by atoms with Crippen molar-refractivity contribution < 1.29 is 9.47 Å². The van der Waals surface area contributed by atoms with Gasteiger partial charge in [-0.05, 0) is 61.4 Å². The Hall–Kier alpha value is -1.81. The second-order valence-corrected chi connectivity index (χ2v) is 7.43. The van der Waals surface area contributed by atoms with Gasteiger partial charge in [0.25, 0.3) is 0 Å². The Kier molecular flexibility index (Phi) is 5.24. The van der Waals surface area contributed by atoms with Crippen LogP contribution < -0.4 is 9.47 Å². The van der Waals surface area contributed by atoms with E-state index in [0.717, 1.165) is 30.8 Å². The third-order valence-corrected chi connectivity index (χ3v) is 6.02. The summed E-state index contributed by atoms with van der Waals surface area (Å²) in [4.78, 5) is 7.27. The Morgan fingerprint density at radius 2 is 1.96 bits per heavy atom. The second-order valence-electron chi connectivity index (χ2n) is 6.23. The van der Waals surface area contributed by atoms with E-state index >= 15 is 0 Å². The molecule has 3 rings (SSSR count). The van der Waals surface area contributed by atoms with Gasteiger partial charge in [-0.2, -0.15) is 0 Å². The van der Waals surface area contributed by atoms with Crippen molar-refractivity contribution in [1.29, 1.82) is 0 Å². The summed E-state index contributed by atoms with van der Waals surface area (Å²) in [6.45, 7) is 6.07. The van der Waals surface area contributed by atoms with E-state index in [1.165, 1.54) is 27.3 Å². The number of thiophene rings is 1. The van der Waals surface area contributed by atoms with Crippen molar-refractivity contribution in [1.82, 2.24) is 0 Å². The van der Waals surface area contributed by atoms with Crippen LogP contribution in [0, 0.1) is 0 Å². The van der Waals surface area contributed by atoms with Crippen LogP contribution in [0.15, 0.2) is 29.3 Å². The van der Waals surface area contributed by atoms with Crippen LogP contribution >= 0.6 is 11.3 Å². The second kappa shape index (κ2) is 7.39. The zero-order valence-corrected chi connectivity index (χ0v) is 15.5. The molecule has 2 aromatic rings. The van der Waals surface area contributed by atoms with Gasteiger partial charge in [-0.25, -0.2) is 0 Å². The number of aryl methyl sites for hydroxylation is 2. The lowest BCUT2D eigenvalue weighted by Gasteiger charge is -2.31. The monoisotopic (exact) mass is 343 g/mol. The summed E-state index contributed by atoms with van der Waals surface area (Å²) in [6, 6.07) is 9.02. The molecule has 24 heavy (non-hydrogen) atoms. The van der Waals surface area contributed by atoms with E-state index in [2.05, 4.69) is 42.9 Å². The molecule has 0 N–H and O–H groups in total. The van der Waals surface area contributed by atoms with Crippen LogP contribution in [-0.4, -0.2) is 27.0 Å². The zero-order valence-electron chi connectivity index (χ0n) is 14.7. The lowest BCUT2D eigenvalue weighted by Crippen LogP contribution is -2.24. The SMILES string of the molecule is C=N[C@H]1CCc2cc(OC)c(OC)cc2[C@@H]1c1ccc(CCC)s1. The fourth-order valence-electron chi connectivity index (χ4n) is 3.60. The first-order chi connectivity index (χ1) is 11.7. The van der Waals surface area contributed by atoms with Crippen molar-refractivity contribution in [2.75, 3.05) is 14.2 Å². The van der Waals surface area contributed by atoms with Crippen molar-refractivity contribution in [3.63, 3.8) is 0 Å². The molecule has 128 valence electrons. The maximum Gasteiger partial charge on any atom is 0.161 e. The Labute approximate surface area is 148 Å². The average Bonchev–Trinajstić information content (AvgIpc) is 3.07. The van der Waals surface area contributed by atoms with E-state index in [1.54, 1.807) is 14.2 Å². The number of methoxy groups -OCH3 is 2. The number of rotatable bonds is 6. The molecule has 1 aliphatic carbocycles. The summed E-state index contributed by atoms with van der Waals surface area (Å²) in [5.74, 6) is 1.86. The number of hydrogen-bond acceptors (Lipinski definition) is 4. The van der Waals surface area contributed by atoms with Gasteiger partial charge in [-0.15, -0.1) is 11.3 Å². The van der Waals surface area contributed by atoms with E-state index in [-0.39, 0.29) is 12.0 Å². The molecular weight excluding hydrogens is 318 g/mol. The van der Waals surface area contributed by atoms with Gasteiger partial charge in [0.2, 0.25) is 0 Å². The third-order valence-electron chi connectivity index (χ3n) is 4.79. The molecule has 0 spiro atoms. The van der Waals surface area contributed by atoms with Crippen LogP contribution in [0.25, 0.3) is 0 Å². The lowest BCUT2D eigenvalue weighted by molar-refractivity contribution is 0.352. The summed E-state index contributed by atoms with van der Waals surface area (Å²) in [7, 11) is 3.38. The molecule has 3 nitrogen and oxygen atoms in total. The molecule has 1 aliphatic rings. The fourth-order valence-corrected chi connectivity index (χ4v) is 4.89. The molecule has 0 bridgehead atoms. The van der Waals surface area contributed by atoms with Crippen LogP contribution in [-0.2, 0) is 12.8 Å². The van der Waals surface area contributed by atoms with Crippen LogP contribution in [0.4, 0.5) is 0 Å². The van der Waals surface area contributed by atoms with E-state index in [1.807, 2.05) is 11.3 Å². The number of ether oxygens (including phenoxy) is 2. The smallest absolute Gasteiger partial charge is 0.161 e. The molecule has 0 saturated carbocycles. The van der Waals surface area contributed by atoms with E-state index in [9.17, 15) is 0 Å². The minimum absolute atomic E-state index is 0.226. The molecule has 1 aromatic carbocycles. The molecule has 2 atom stereocenters. The van der Waals surface area contributed by atoms with Gasteiger partial charge in [0.15, 0.2) is 11.5 Å². The molecular formula is C20H25NO2S. The largest absolute Gasteiger partial charge is 0.493 e. The standard InChI is InChI=1S/C20H25NO2S/c1-5-6-14-8-10-19(24-14)20-15-12-18(23-4)17(22-3)11-13(15)7-9-16(20)21-2/h8,10-12,16,20H,2,5-7,9H2,1,3-4H3/t16-,20-/m0/s1. The number of hydrogen-bond donors (Lipinski definition) is 0. The molecule has 0 unspecified atom stereocenters. The first kappa shape index (κ1) is 17.0. The summed E-state index contributed by atoms with van der Waals surface area (Å²) < 4.78 is 11.0. The van der Waals surface area contributed by atoms with Gasteiger partial charge < -0.3 is 9.47 Å². The highest BCUT2D eigenvalue weighted by atomic mass is 32.1.